The van der Waals surface area contributed by atoms with E-state index in [2.05, 4.69) is 4.74 Å². The van der Waals surface area contributed by atoms with Crippen molar-refractivity contribution in [2.45, 2.75) is 44.6 Å². The van der Waals surface area contributed by atoms with E-state index < -0.39 is 0 Å². The van der Waals surface area contributed by atoms with Gasteiger partial charge in [0.1, 0.15) is 0 Å². The average molecular weight is 212 g/mol. The molecule has 1 aliphatic rings. The first-order valence-corrected chi connectivity index (χ1v) is 5.66. The fraction of sp³-hybridized carbons (Fsp3) is 0.750. The molecule has 1 saturated carbocycles. The normalized spacial score (nSPS) is 20.4. The molecule has 0 spiro atoms. The molecule has 1 atom stereocenters. The Morgan fingerprint density at radius 1 is 1.47 bits per heavy atom. The summed E-state index contributed by atoms with van der Waals surface area (Å²) in [6.45, 7) is 0. The van der Waals surface area contributed by atoms with Gasteiger partial charge in [-0.2, -0.15) is 0 Å². The van der Waals surface area contributed by atoms with Gasteiger partial charge in [-0.1, -0.05) is 25.3 Å². The van der Waals surface area contributed by atoms with Crippen LogP contribution < -0.4 is 0 Å². The molecule has 0 aromatic carbocycles. The first-order valence-electron chi connectivity index (χ1n) is 5.66. The number of aliphatic hydroxyl groups is 1. The van der Waals surface area contributed by atoms with Crippen molar-refractivity contribution in [2.75, 3.05) is 7.11 Å². The topological polar surface area (TPSA) is 46.5 Å². The highest BCUT2D eigenvalue weighted by Gasteiger charge is 2.20. The van der Waals surface area contributed by atoms with Crippen LogP contribution in [0.2, 0.25) is 0 Å². The number of ether oxygens (including phenoxy) is 1. The van der Waals surface area contributed by atoms with E-state index >= 15 is 0 Å². The van der Waals surface area contributed by atoms with Crippen LogP contribution in [0.3, 0.4) is 0 Å². The molecular formula is C12H20O3. The van der Waals surface area contributed by atoms with Gasteiger partial charge in [-0.05, 0) is 25.2 Å². The number of methoxy groups -OCH3 is 1. The van der Waals surface area contributed by atoms with Crippen LogP contribution in [0.4, 0.5) is 0 Å². The molecule has 0 radical (unpaired) electrons. The molecule has 0 aliphatic heterocycles. The Morgan fingerprint density at radius 3 is 2.73 bits per heavy atom. The molecule has 3 nitrogen and oxygen atoms in total. The third-order valence-electron chi connectivity index (χ3n) is 3.03. The van der Waals surface area contributed by atoms with Crippen LogP contribution in [-0.4, -0.2) is 24.3 Å². The highest BCUT2D eigenvalue weighted by Crippen LogP contribution is 2.27. The molecule has 1 unspecified atom stereocenters. The number of aliphatic hydroxyl groups excluding tert-OH is 1. The van der Waals surface area contributed by atoms with Gasteiger partial charge in [-0.25, -0.2) is 4.79 Å². The summed E-state index contributed by atoms with van der Waals surface area (Å²) < 4.78 is 4.47. The monoisotopic (exact) mass is 212 g/mol. The van der Waals surface area contributed by atoms with E-state index in [9.17, 15) is 9.90 Å². The molecule has 0 aromatic rings. The quantitative estimate of drug-likeness (QED) is 0.573. The third kappa shape index (κ3) is 4.47. The van der Waals surface area contributed by atoms with E-state index in [1.54, 1.807) is 6.08 Å². The van der Waals surface area contributed by atoms with Crippen molar-refractivity contribution >= 4 is 5.97 Å². The summed E-state index contributed by atoms with van der Waals surface area (Å²) in [7, 11) is 1.35. The Hall–Kier alpha value is -0.830. The van der Waals surface area contributed by atoms with Crippen molar-refractivity contribution in [1.29, 1.82) is 0 Å². The Kier molecular flexibility index (Phi) is 5.40. The van der Waals surface area contributed by atoms with Crippen LogP contribution in [0, 0.1) is 5.92 Å². The van der Waals surface area contributed by atoms with E-state index in [0.717, 1.165) is 12.8 Å². The van der Waals surface area contributed by atoms with Crippen LogP contribution in [-0.2, 0) is 9.53 Å². The maximum Gasteiger partial charge on any atom is 0.330 e. The van der Waals surface area contributed by atoms with Gasteiger partial charge in [-0.15, -0.1) is 0 Å². The van der Waals surface area contributed by atoms with Crippen molar-refractivity contribution in [2.24, 2.45) is 5.92 Å². The molecule has 0 amide bonds. The number of esters is 1. The van der Waals surface area contributed by atoms with Crippen molar-refractivity contribution in [1.82, 2.24) is 0 Å². The maximum atomic E-state index is 10.8. The lowest BCUT2D eigenvalue weighted by atomic mass is 9.84. The minimum absolute atomic E-state index is 0.300. The van der Waals surface area contributed by atoms with E-state index in [0.29, 0.717) is 12.3 Å². The van der Waals surface area contributed by atoms with Crippen molar-refractivity contribution in [3.8, 4) is 0 Å². The van der Waals surface area contributed by atoms with Gasteiger partial charge >= 0.3 is 5.97 Å². The predicted octanol–water partition coefficient (Wildman–Crippen LogP) is 2.05. The summed E-state index contributed by atoms with van der Waals surface area (Å²) in [5.74, 6) is 0.0619. The molecule has 15 heavy (non-hydrogen) atoms. The molecule has 1 N–H and O–H groups in total. The standard InChI is InChI=1S/C12H20O3/c1-15-12(14)9-5-8-11(13)10-6-3-2-4-7-10/h5,9-11,13H,2-4,6-8H2,1H3/b9-5+. The molecule has 86 valence electrons. The van der Waals surface area contributed by atoms with E-state index in [-0.39, 0.29) is 12.1 Å². The highest BCUT2D eigenvalue weighted by molar-refractivity contribution is 5.81. The summed E-state index contributed by atoms with van der Waals surface area (Å²) in [6, 6.07) is 0. The van der Waals surface area contributed by atoms with E-state index in [1.165, 1.54) is 32.4 Å². The summed E-state index contributed by atoms with van der Waals surface area (Å²) in [5.41, 5.74) is 0. The molecule has 0 aromatic heterocycles. The fourth-order valence-electron chi connectivity index (χ4n) is 2.08. The van der Waals surface area contributed by atoms with Crippen LogP contribution >= 0.6 is 0 Å². The lowest BCUT2D eigenvalue weighted by Gasteiger charge is -2.25. The van der Waals surface area contributed by atoms with Crippen molar-refractivity contribution < 1.29 is 14.6 Å². The van der Waals surface area contributed by atoms with Crippen LogP contribution in [0.15, 0.2) is 12.2 Å². The van der Waals surface area contributed by atoms with Gasteiger partial charge in [-0.3, -0.25) is 0 Å². The van der Waals surface area contributed by atoms with Gasteiger partial charge in [0.15, 0.2) is 0 Å². The van der Waals surface area contributed by atoms with Gasteiger partial charge in [0, 0.05) is 6.08 Å². The van der Waals surface area contributed by atoms with E-state index in [4.69, 9.17) is 0 Å². The first-order chi connectivity index (χ1) is 7.24. The molecule has 1 aliphatic carbocycles. The van der Waals surface area contributed by atoms with Gasteiger partial charge in [0.05, 0.1) is 13.2 Å². The molecule has 3 heteroatoms. The van der Waals surface area contributed by atoms with Gasteiger partial charge in [0.25, 0.3) is 0 Å². The summed E-state index contributed by atoms with van der Waals surface area (Å²) in [4.78, 5) is 10.8. The molecule has 1 fully saturated rings. The molecule has 1 rings (SSSR count). The van der Waals surface area contributed by atoms with E-state index in [1.807, 2.05) is 0 Å². The Balaban J connectivity index is 2.25. The lowest BCUT2D eigenvalue weighted by molar-refractivity contribution is -0.134. The average Bonchev–Trinajstić information content (AvgIpc) is 2.29. The second-order valence-corrected chi connectivity index (χ2v) is 4.13. The second-order valence-electron chi connectivity index (χ2n) is 4.13. The van der Waals surface area contributed by atoms with Crippen molar-refractivity contribution in [3.63, 3.8) is 0 Å². The predicted molar refractivity (Wildman–Crippen MR) is 58.4 cm³/mol. The third-order valence-corrected chi connectivity index (χ3v) is 3.03. The zero-order valence-electron chi connectivity index (χ0n) is 9.32. The second kappa shape index (κ2) is 6.62. The number of carbonyl (C=O) groups excluding carboxylic acids is 1. The number of hydrogen-bond acceptors (Lipinski definition) is 3. The molecular weight excluding hydrogens is 192 g/mol. The largest absolute Gasteiger partial charge is 0.466 e. The van der Waals surface area contributed by atoms with Crippen molar-refractivity contribution in [3.05, 3.63) is 12.2 Å². The zero-order chi connectivity index (χ0) is 11.1. The number of rotatable bonds is 4. The molecule has 0 bridgehead atoms. The highest BCUT2D eigenvalue weighted by atomic mass is 16.5. The number of hydrogen-bond donors (Lipinski definition) is 1. The SMILES string of the molecule is COC(=O)/C=C/CC(O)C1CCCCC1. The maximum absolute atomic E-state index is 10.8. The number of carbonyl (C=O) groups is 1. The zero-order valence-corrected chi connectivity index (χ0v) is 9.32. The van der Waals surface area contributed by atoms with Gasteiger partial charge < -0.3 is 9.84 Å². The van der Waals surface area contributed by atoms with Crippen LogP contribution in [0.25, 0.3) is 0 Å². The Labute approximate surface area is 91.1 Å². The fourth-order valence-corrected chi connectivity index (χ4v) is 2.08. The summed E-state index contributed by atoms with van der Waals surface area (Å²) >= 11 is 0. The molecule has 0 saturated heterocycles. The van der Waals surface area contributed by atoms with Crippen LogP contribution in [0.1, 0.15) is 38.5 Å². The van der Waals surface area contributed by atoms with Gasteiger partial charge in [0.2, 0.25) is 0 Å². The summed E-state index contributed by atoms with van der Waals surface area (Å²) in [5, 5.41) is 9.86. The minimum atomic E-state index is -0.356. The van der Waals surface area contributed by atoms with Crippen LogP contribution in [0.5, 0.6) is 0 Å². The molecule has 0 heterocycles. The Bertz CT molecular complexity index is 217. The lowest BCUT2D eigenvalue weighted by Crippen LogP contribution is -2.22. The first kappa shape index (κ1) is 12.2. The minimum Gasteiger partial charge on any atom is -0.466 e. The summed E-state index contributed by atoms with van der Waals surface area (Å²) in [6.07, 6.45) is 9.31. The smallest absolute Gasteiger partial charge is 0.330 e. The Morgan fingerprint density at radius 2 is 2.13 bits per heavy atom.